The maximum Gasteiger partial charge on any atom is 0.509 e. The molecule has 0 aromatic carbocycles. The summed E-state index contributed by atoms with van der Waals surface area (Å²) in [7, 11) is -6.46. The van der Waals surface area contributed by atoms with E-state index in [0.29, 0.717) is 0 Å². The third-order valence-corrected chi connectivity index (χ3v) is 2.38. The van der Waals surface area contributed by atoms with Gasteiger partial charge in [0.15, 0.2) is 0 Å². The lowest BCUT2D eigenvalue weighted by Crippen LogP contribution is -2.52. The van der Waals surface area contributed by atoms with Gasteiger partial charge in [0.05, 0.1) is 0 Å². The molecule has 0 aliphatic carbocycles. The zero-order chi connectivity index (χ0) is 15.5. The predicted molar refractivity (Wildman–Crippen MR) is 49.0 cm³/mol. The Balaban J connectivity index is 5.27. The fraction of sp³-hybridized carbons (Fsp3) is 0.571. The minimum absolute atomic E-state index is 0.652. The first-order valence-corrected chi connectivity index (χ1v) is 5.64. The lowest BCUT2D eigenvalue weighted by atomic mass is 10.3. The molecule has 0 aromatic heterocycles. The van der Waals surface area contributed by atoms with Crippen molar-refractivity contribution in [3.63, 3.8) is 0 Å². The summed E-state index contributed by atoms with van der Waals surface area (Å²) in [5, 5.41) is -5.78. The van der Waals surface area contributed by atoms with Gasteiger partial charge in [-0.1, -0.05) is 12.7 Å². The third-order valence-electron chi connectivity index (χ3n) is 1.48. The van der Waals surface area contributed by atoms with Crippen LogP contribution in [-0.4, -0.2) is 43.3 Å². The topological polar surface area (TPSA) is 89.9 Å². The highest BCUT2D eigenvalue weighted by Gasteiger charge is 2.66. The van der Waals surface area contributed by atoms with Gasteiger partial charge in [-0.15, -0.1) is 0 Å². The van der Waals surface area contributed by atoms with E-state index in [4.69, 9.17) is 4.55 Å². The van der Waals surface area contributed by atoms with Gasteiger partial charge >= 0.3 is 27.7 Å². The summed E-state index contributed by atoms with van der Waals surface area (Å²) in [6.45, 7) is 2.36. The molecule has 19 heavy (non-hydrogen) atoms. The molecule has 0 spiro atoms. The average molecular weight is 314 g/mol. The van der Waals surface area contributed by atoms with E-state index in [0.717, 1.165) is 6.08 Å². The van der Waals surface area contributed by atoms with E-state index >= 15 is 0 Å². The fourth-order valence-corrected chi connectivity index (χ4v) is 1.17. The Hall–Kier alpha value is -1.43. The second kappa shape index (κ2) is 5.69. The molecule has 12 heteroatoms. The molecular weight excluding hydrogens is 307 g/mol. The van der Waals surface area contributed by atoms with Crippen molar-refractivity contribution < 1.29 is 49.2 Å². The number of carbonyl (C=O) groups excluding carboxylic acids is 1. The van der Waals surface area contributed by atoms with Gasteiger partial charge in [-0.3, -0.25) is 4.55 Å². The van der Waals surface area contributed by atoms with Crippen molar-refractivity contribution >= 4 is 16.3 Å². The fourth-order valence-electron chi connectivity index (χ4n) is 0.718. The summed E-state index contributed by atoms with van der Waals surface area (Å²) < 4.78 is 97.8. The van der Waals surface area contributed by atoms with E-state index in [1.54, 1.807) is 0 Å². The van der Waals surface area contributed by atoms with Crippen LogP contribution in [0.3, 0.4) is 0 Å². The molecule has 0 saturated carbocycles. The first-order chi connectivity index (χ1) is 8.34. The maximum absolute atomic E-state index is 12.9. The van der Waals surface area contributed by atoms with Gasteiger partial charge in [0.1, 0.15) is 6.61 Å². The molecule has 0 aliphatic rings. The second-order valence-electron chi connectivity index (χ2n) is 2.93. The molecule has 0 aliphatic heterocycles. The van der Waals surface area contributed by atoms with E-state index in [9.17, 15) is 35.2 Å². The van der Waals surface area contributed by atoms with Crippen LogP contribution in [0.15, 0.2) is 12.7 Å². The number of rotatable bonds is 5. The van der Waals surface area contributed by atoms with Crippen LogP contribution < -0.4 is 0 Å². The summed E-state index contributed by atoms with van der Waals surface area (Å²) in [5.41, 5.74) is 0. The van der Waals surface area contributed by atoms with E-state index in [1.807, 2.05) is 0 Å². The molecule has 0 aromatic rings. The van der Waals surface area contributed by atoms with Gasteiger partial charge in [-0.05, 0) is 0 Å². The Bertz CT molecular complexity index is 441. The van der Waals surface area contributed by atoms with Gasteiger partial charge in [-0.2, -0.15) is 30.4 Å². The molecule has 1 unspecified atom stereocenters. The zero-order valence-corrected chi connectivity index (χ0v) is 9.67. The van der Waals surface area contributed by atoms with Gasteiger partial charge in [0, 0.05) is 0 Å². The highest BCUT2D eigenvalue weighted by atomic mass is 32.2. The minimum Gasteiger partial charge on any atom is -0.430 e. The van der Waals surface area contributed by atoms with Crippen LogP contribution in [0, 0.1) is 0 Å². The summed E-state index contributed by atoms with van der Waals surface area (Å²) in [5.74, 6) is 0. The van der Waals surface area contributed by atoms with Crippen molar-refractivity contribution in [3.8, 4) is 0 Å². The van der Waals surface area contributed by atoms with Crippen LogP contribution in [0.1, 0.15) is 0 Å². The van der Waals surface area contributed by atoms with Crippen molar-refractivity contribution in [2.24, 2.45) is 0 Å². The SMILES string of the molecule is C=CCOC(=O)OC(C(F)(F)F)C(F)(F)S(=O)(=O)O. The number of halogens is 5. The van der Waals surface area contributed by atoms with Gasteiger partial charge in [0.2, 0.25) is 0 Å². The normalized spacial score (nSPS) is 14.6. The van der Waals surface area contributed by atoms with Crippen molar-refractivity contribution in [3.05, 3.63) is 12.7 Å². The van der Waals surface area contributed by atoms with Crippen LogP contribution in [0.5, 0.6) is 0 Å². The number of alkyl halides is 5. The lowest BCUT2D eigenvalue weighted by Gasteiger charge is -2.25. The summed E-state index contributed by atoms with van der Waals surface area (Å²) in [6, 6.07) is 0. The van der Waals surface area contributed by atoms with E-state index in [-0.39, 0.29) is 0 Å². The van der Waals surface area contributed by atoms with Crippen LogP contribution in [-0.2, 0) is 19.6 Å². The van der Waals surface area contributed by atoms with Crippen LogP contribution >= 0.6 is 0 Å². The molecule has 0 radical (unpaired) electrons. The average Bonchev–Trinajstić information content (AvgIpc) is 2.19. The van der Waals surface area contributed by atoms with E-state index in [1.165, 1.54) is 0 Å². The second-order valence-corrected chi connectivity index (χ2v) is 4.42. The summed E-state index contributed by atoms with van der Waals surface area (Å²) >= 11 is 0. The molecule has 0 amide bonds. The molecule has 1 atom stereocenters. The molecule has 1 N–H and O–H groups in total. The molecule has 0 saturated heterocycles. The highest BCUT2D eigenvalue weighted by molar-refractivity contribution is 7.86. The van der Waals surface area contributed by atoms with Crippen molar-refractivity contribution in [1.29, 1.82) is 0 Å². The Morgan fingerprint density at radius 1 is 1.32 bits per heavy atom. The molecule has 0 bridgehead atoms. The Labute approximate surface area is 103 Å². The quantitative estimate of drug-likeness (QED) is 0.360. The largest absolute Gasteiger partial charge is 0.509 e. The van der Waals surface area contributed by atoms with E-state index in [2.05, 4.69) is 16.1 Å². The maximum atomic E-state index is 12.9. The smallest absolute Gasteiger partial charge is 0.430 e. The molecular formula is C7H7F5O6S. The third kappa shape index (κ3) is 4.63. The summed E-state index contributed by atoms with van der Waals surface area (Å²) in [4.78, 5) is 10.6. The molecule has 6 nitrogen and oxygen atoms in total. The first-order valence-electron chi connectivity index (χ1n) is 4.20. The van der Waals surface area contributed by atoms with Crippen LogP contribution in [0.25, 0.3) is 0 Å². The Morgan fingerprint density at radius 2 is 1.79 bits per heavy atom. The molecule has 0 fully saturated rings. The monoisotopic (exact) mass is 314 g/mol. The lowest BCUT2D eigenvalue weighted by molar-refractivity contribution is -0.251. The van der Waals surface area contributed by atoms with Crippen LogP contribution in [0.2, 0.25) is 0 Å². The van der Waals surface area contributed by atoms with Gasteiger partial charge < -0.3 is 9.47 Å². The van der Waals surface area contributed by atoms with Crippen molar-refractivity contribution in [1.82, 2.24) is 0 Å². The van der Waals surface area contributed by atoms with Gasteiger partial charge in [-0.25, -0.2) is 4.79 Å². The van der Waals surface area contributed by atoms with Gasteiger partial charge in [0.25, 0.3) is 6.10 Å². The van der Waals surface area contributed by atoms with Crippen molar-refractivity contribution in [2.45, 2.75) is 17.5 Å². The number of hydrogen-bond donors (Lipinski definition) is 1. The predicted octanol–water partition coefficient (Wildman–Crippen LogP) is 1.74. The molecule has 0 heterocycles. The number of carbonyl (C=O) groups is 1. The zero-order valence-electron chi connectivity index (χ0n) is 8.86. The number of ether oxygens (including phenoxy) is 2. The molecule has 112 valence electrons. The van der Waals surface area contributed by atoms with E-state index < -0.39 is 40.4 Å². The Kier molecular flexibility index (Phi) is 5.26. The summed E-state index contributed by atoms with van der Waals surface area (Å²) in [6.07, 6.45) is -11.7. The number of hydrogen-bond acceptors (Lipinski definition) is 5. The van der Waals surface area contributed by atoms with Crippen LogP contribution in [0.4, 0.5) is 26.7 Å². The Morgan fingerprint density at radius 3 is 2.11 bits per heavy atom. The highest BCUT2D eigenvalue weighted by Crippen LogP contribution is 2.38. The van der Waals surface area contributed by atoms with Crippen molar-refractivity contribution in [2.75, 3.05) is 6.61 Å². The standard InChI is InChI=1S/C7H7F5O6S/c1-2-3-17-5(13)18-4(6(8,9)10)7(11,12)19(14,15)16/h2,4H,1,3H2,(H,14,15,16). The minimum atomic E-state index is -6.46. The first kappa shape index (κ1) is 17.6. The molecule has 0 rings (SSSR count).